The molecular weight excluding hydrogens is 472 g/mol. The van der Waals surface area contributed by atoms with Gasteiger partial charge in [-0.3, -0.25) is 14.5 Å². The van der Waals surface area contributed by atoms with Crippen molar-refractivity contribution in [1.82, 2.24) is 20.2 Å². The molecule has 0 aliphatic carbocycles. The molecule has 2 aromatic heterocycles. The largest absolute Gasteiger partial charge is 0.460 e. The van der Waals surface area contributed by atoms with Crippen molar-refractivity contribution in [2.45, 2.75) is 26.3 Å². The van der Waals surface area contributed by atoms with Crippen molar-refractivity contribution >= 4 is 40.1 Å². The maximum Gasteiger partial charge on any atom is 0.255 e. The maximum absolute atomic E-state index is 12.6. The van der Waals surface area contributed by atoms with E-state index >= 15 is 0 Å². The van der Waals surface area contributed by atoms with Crippen LogP contribution in [0.4, 0.5) is 17.3 Å². The lowest BCUT2D eigenvalue weighted by atomic mass is 10.1. The molecule has 10 nitrogen and oxygen atoms in total. The Labute approximate surface area is 215 Å². The number of fused-ring (bicyclic) bond motifs is 1. The highest BCUT2D eigenvalue weighted by Gasteiger charge is 2.19. The number of nitrogens with one attached hydrogen (secondary N) is 3. The number of rotatable bonds is 9. The Balaban J connectivity index is 1.48. The summed E-state index contributed by atoms with van der Waals surface area (Å²) in [5.74, 6) is 1.42. The van der Waals surface area contributed by atoms with Gasteiger partial charge in [0, 0.05) is 42.1 Å². The Morgan fingerprint density at radius 1 is 1.11 bits per heavy atom. The summed E-state index contributed by atoms with van der Waals surface area (Å²) in [6.07, 6.45) is 2.29. The lowest BCUT2D eigenvalue weighted by molar-refractivity contribution is -0.120. The zero-order valence-corrected chi connectivity index (χ0v) is 21.5. The minimum absolute atomic E-state index is 0.0672. The van der Waals surface area contributed by atoms with Crippen molar-refractivity contribution in [3.05, 3.63) is 66.1 Å². The molecule has 2 heterocycles. The van der Waals surface area contributed by atoms with Crippen molar-refractivity contribution in [2.75, 3.05) is 31.8 Å². The first-order valence-corrected chi connectivity index (χ1v) is 11.9. The lowest BCUT2D eigenvalue weighted by Crippen LogP contribution is -2.39. The molecule has 0 saturated carbocycles. The first-order chi connectivity index (χ1) is 17.8. The molecule has 0 aliphatic heterocycles. The Morgan fingerprint density at radius 3 is 2.62 bits per heavy atom. The van der Waals surface area contributed by atoms with Gasteiger partial charge >= 0.3 is 0 Å². The Kier molecular flexibility index (Phi) is 7.69. The zero-order chi connectivity index (χ0) is 26.5. The molecule has 3 N–H and O–H groups in total. The average Bonchev–Trinajstić information content (AvgIpc) is 3.19. The van der Waals surface area contributed by atoms with Crippen LogP contribution in [-0.4, -0.2) is 53.9 Å². The monoisotopic (exact) mass is 502 g/mol. The first kappa shape index (κ1) is 25.6. The summed E-state index contributed by atoms with van der Waals surface area (Å²) >= 11 is 0. The van der Waals surface area contributed by atoms with Crippen molar-refractivity contribution in [1.29, 1.82) is 0 Å². The fraction of sp³-hybridized carbons (Fsp3) is 0.259. The van der Waals surface area contributed by atoms with Gasteiger partial charge < -0.3 is 25.1 Å². The maximum atomic E-state index is 12.6. The van der Waals surface area contributed by atoms with E-state index < -0.39 is 0 Å². The summed E-state index contributed by atoms with van der Waals surface area (Å²) in [5.41, 5.74) is 2.42. The minimum Gasteiger partial charge on any atom is -0.460 e. The number of carbonyl (C=O) groups excluding carboxylic acids is 2. The molecule has 1 atom stereocenters. The molecule has 0 radical (unpaired) electrons. The van der Waals surface area contributed by atoms with Gasteiger partial charge in [-0.1, -0.05) is 13.0 Å². The van der Waals surface area contributed by atoms with Crippen LogP contribution >= 0.6 is 0 Å². The molecule has 0 aliphatic rings. The third-order valence-corrected chi connectivity index (χ3v) is 5.84. The van der Waals surface area contributed by atoms with Gasteiger partial charge in [-0.25, -0.2) is 4.98 Å². The first-order valence-electron chi connectivity index (χ1n) is 11.9. The van der Waals surface area contributed by atoms with Gasteiger partial charge in [0.15, 0.2) is 0 Å². The molecule has 0 bridgehead atoms. The molecule has 4 aromatic rings. The van der Waals surface area contributed by atoms with Crippen LogP contribution in [0.15, 0.2) is 59.1 Å². The van der Waals surface area contributed by atoms with E-state index in [4.69, 9.17) is 9.15 Å². The van der Waals surface area contributed by atoms with Crippen molar-refractivity contribution < 1.29 is 18.7 Å². The molecule has 4 rings (SSSR count). The number of likely N-dealkylation sites (N-methyl/N-ethyl adjacent to an activating group) is 1. The molecule has 37 heavy (non-hydrogen) atoms. The smallest absolute Gasteiger partial charge is 0.255 e. The summed E-state index contributed by atoms with van der Waals surface area (Å²) in [5, 5.41) is 9.43. The van der Waals surface area contributed by atoms with Crippen LogP contribution < -0.4 is 20.7 Å². The molecule has 192 valence electrons. The Hall–Kier alpha value is -4.44. The van der Waals surface area contributed by atoms with Gasteiger partial charge in [-0.2, -0.15) is 4.98 Å². The summed E-state index contributed by atoms with van der Waals surface area (Å²) in [6, 6.07) is 14.0. The number of nitrogens with zero attached hydrogens (tertiary/aromatic N) is 3. The number of aryl methyl sites for hydroxylation is 1. The second-order valence-electron chi connectivity index (χ2n) is 8.67. The average molecular weight is 503 g/mol. The van der Waals surface area contributed by atoms with Gasteiger partial charge in [-0.15, -0.1) is 0 Å². The van der Waals surface area contributed by atoms with E-state index in [1.807, 2.05) is 50.2 Å². The minimum atomic E-state index is -0.214. The van der Waals surface area contributed by atoms with E-state index in [0.29, 0.717) is 57.7 Å². The van der Waals surface area contributed by atoms with Crippen LogP contribution in [0.5, 0.6) is 11.6 Å². The van der Waals surface area contributed by atoms with Crippen molar-refractivity contribution in [3.8, 4) is 11.6 Å². The van der Waals surface area contributed by atoms with Crippen molar-refractivity contribution in [3.63, 3.8) is 0 Å². The second kappa shape index (κ2) is 11.1. The van der Waals surface area contributed by atoms with E-state index in [-0.39, 0.29) is 17.9 Å². The van der Waals surface area contributed by atoms with E-state index in [2.05, 4.69) is 25.9 Å². The molecule has 10 heteroatoms. The predicted molar refractivity (Wildman–Crippen MR) is 143 cm³/mol. The van der Waals surface area contributed by atoms with Crippen LogP contribution in [0.25, 0.3) is 11.0 Å². The number of anilines is 3. The summed E-state index contributed by atoms with van der Waals surface area (Å²) < 4.78 is 11.7. The normalized spacial score (nSPS) is 11.8. The molecule has 0 spiro atoms. The standard InChI is InChI=1S/C27H30N6O4/c1-6-21(33(4)5)25(34)30-17-8-7-9-18(14-17)31-27-29-13-12-23(32-27)37-19-10-11-20-22(15-19)36-16(2)24(20)26(35)28-3/h7-15,21H,6H2,1-5H3,(H,28,35)(H,30,34)(H,29,31,32)/t21-/m0/s1. The highest BCUT2D eigenvalue weighted by Crippen LogP contribution is 2.31. The van der Waals surface area contributed by atoms with Crippen molar-refractivity contribution in [2.24, 2.45) is 0 Å². The van der Waals surface area contributed by atoms with Crippen LogP contribution in [0.2, 0.25) is 0 Å². The van der Waals surface area contributed by atoms with E-state index in [0.717, 1.165) is 0 Å². The molecule has 2 aromatic carbocycles. The fourth-order valence-corrected chi connectivity index (χ4v) is 4.06. The number of hydrogen-bond acceptors (Lipinski definition) is 8. The van der Waals surface area contributed by atoms with Gasteiger partial charge in [-0.05, 0) is 57.8 Å². The highest BCUT2D eigenvalue weighted by molar-refractivity contribution is 6.07. The van der Waals surface area contributed by atoms with Gasteiger partial charge in [0.2, 0.25) is 17.7 Å². The van der Waals surface area contributed by atoms with Crippen LogP contribution in [0, 0.1) is 6.92 Å². The lowest BCUT2D eigenvalue weighted by Gasteiger charge is -2.22. The van der Waals surface area contributed by atoms with Crippen LogP contribution in [0.1, 0.15) is 29.5 Å². The third-order valence-electron chi connectivity index (χ3n) is 5.84. The number of ether oxygens (including phenoxy) is 1. The number of benzene rings is 2. The second-order valence-corrected chi connectivity index (χ2v) is 8.67. The predicted octanol–water partition coefficient (Wildman–Crippen LogP) is 4.71. The summed E-state index contributed by atoms with van der Waals surface area (Å²) in [7, 11) is 5.35. The number of furan rings is 1. The molecule has 0 saturated heterocycles. The number of hydrogen-bond donors (Lipinski definition) is 3. The van der Waals surface area contributed by atoms with E-state index in [1.165, 1.54) is 0 Å². The molecule has 2 amide bonds. The number of carbonyl (C=O) groups is 2. The van der Waals surface area contributed by atoms with Gasteiger partial charge in [0.05, 0.1) is 11.6 Å². The van der Waals surface area contributed by atoms with E-state index in [9.17, 15) is 9.59 Å². The quantitative estimate of drug-likeness (QED) is 0.301. The Bertz CT molecular complexity index is 1430. The molecule has 0 unspecified atom stereocenters. The third kappa shape index (κ3) is 5.87. The summed E-state index contributed by atoms with van der Waals surface area (Å²) in [6.45, 7) is 3.72. The van der Waals surface area contributed by atoms with E-state index in [1.54, 1.807) is 44.4 Å². The van der Waals surface area contributed by atoms with Crippen LogP contribution in [-0.2, 0) is 4.79 Å². The topological polar surface area (TPSA) is 122 Å². The van der Waals surface area contributed by atoms with Crippen LogP contribution in [0.3, 0.4) is 0 Å². The zero-order valence-electron chi connectivity index (χ0n) is 21.5. The Morgan fingerprint density at radius 2 is 1.89 bits per heavy atom. The highest BCUT2D eigenvalue weighted by atomic mass is 16.5. The number of amides is 2. The number of aromatic nitrogens is 2. The molecular formula is C27H30N6O4. The molecule has 0 fully saturated rings. The van der Waals surface area contributed by atoms with Gasteiger partial charge in [0.1, 0.15) is 17.1 Å². The fourth-order valence-electron chi connectivity index (χ4n) is 4.06. The summed E-state index contributed by atoms with van der Waals surface area (Å²) in [4.78, 5) is 35.3. The SMILES string of the molecule is CC[C@@H](C(=O)Nc1cccc(Nc2nccc(Oc3ccc4c(C(=O)NC)c(C)oc4c3)n2)c1)N(C)C. The van der Waals surface area contributed by atoms with Gasteiger partial charge in [0.25, 0.3) is 5.91 Å².